The van der Waals surface area contributed by atoms with E-state index in [0.29, 0.717) is 4.88 Å². The minimum atomic E-state index is -4.14. The van der Waals surface area contributed by atoms with Crippen LogP contribution in [-0.2, 0) is 22.9 Å². The molecule has 22 heavy (non-hydrogen) atoms. The van der Waals surface area contributed by atoms with Crippen molar-refractivity contribution in [3.05, 3.63) is 51.5 Å². The molecule has 0 saturated heterocycles. The molecule has 0 atom stereocenters. The van der Waals surface area contributed by atoms with Gasteiger partial charge in [-0.2, -0.15) is 0 Å². The van der Waals surface area contributed by atoms with Crippen LogP contribution in [0.1, 0.15) is 26.5 Å². The zero-order chi connectivity index (χ0) is 15.7. The van der Waals surface area contributed by atoms with Crippen molar-refractivity contribution in [2.24, 2.45) is 0 Å². The molecule has 2 aromatic rings. The van der Waals surface area contributed by atoms with Crippen LogP contribution in [0.3, 0.4) is 0 Å². The van der Waals surface area contributed by atoms with E-state index in [9.17, 15) is 17.6 Å². The van der Waals surface area contributed by atoms with Crippen LogP contribution in [-0.4, -0.2) is 14.3 Å². The van der Waals surface area contributed by atoms with Crippen LogP contribution < -0.4 is 10.3 Å². The molecule has 0 spiro atoms. The third-order valence-corrected chi connectivity index (χ3v) is 5.91. The minimum absolute atomic E-state index is 0.445. The molecule has 8 heteroatoms. The molecule has 3 rings (SSSR count). The maximum absolute atomic E-state index is 13.5. The summed E-state index contributed by atoms with van der Waals surface area (Å²) in [6, 6.07) is 6.74. The van der Waals surface area contributed by atoms with Crippen LogP contribution >= 0.6 is 11.3 Å². The van der Waals surface area contributed by atoms with Crippen LogP contribution in [0, 0.1) is 5.82 Å². The molecular formula is C14H13FN2O3S2. The lowest BCUT2D eigenvalue weighted by Gasteiger charge is -2.08. The number of amides is 1. The maximum atomic E-state index is 13.5. The molecule has 0 fully saturated rings. The molecule has 1 aliphatic carbocycles. The van der Waals surface area contributed by atoms with Gasteiger partial charge in [0.25, 0.3) is 15.9 Å². The highest BCUT2D eigenvalue weighted by Crippen LogP contribution is 2.30. The second kappa shape index (κ2) is 5.79. The van der Waals surface area contributed by atoms with Gasteiger partial charge in [-0.05, 0) is 43.0 Å². The van der Waals surface area contributed by atoms with E-state index in [4.69, 9.17) is 0 Å². The molecule has 5 nitrogen and oxygen atoms in total. The molecule has 0 bridgehead atoms. The van der Waals surface area contributed by atoms with Gasteiger partial charge in [0, 0.05) is 4.88 Å². The van der Waals surface area contributed by atoms with Gasteiger partial charge in [0.1, 0.15) is 10.7 Å². The fourth-order valence-electron chi connectivity index (χ4n) is 2.33. The number of halogens is 1. The van der Waals surface area contributed by atoms with Gasteiger partial charge >= 0.3 is 0 Å². The molecule has 0 radical (unpaired) electrons. The maximum Gasteiger partial charge on any atom is 0.276 e. The van der Waals surface area contributed by atoms with Gasteiger partial charge in [-0.3, -0.25) is 10.2 Å². The Morgan fingerprint density at radius 2 is 2.00 bits per heavy atom. The SMILES string of the molecule is O=C(NNS(=O)(=O)c1ccccc1F)c1cc2c(s1)CCC2. The van der Waals surface area contributed by atoms with E-state index in [1.54, 1.807) is 6.07 Å². The highest BCUT2D eigenvalue weighted by molar-refractivity contribution is 7.89. The summed E-state index contributed by atoms with van der Waals surface area (Å²) in [6.07, 6.45) is 2.98. The zero-order valence-electron chi connectivity index (χ0n) is 11.4. The molecule has 1 aromatic carbocycles. The van der Waals surface area contributed by atoms with Gasteiger partial charge in [0.2, 0.25) is 0 Å². The molecule has 1 heterocycles. The lowest BCUT2D eigenvalue weighted by Crippen LogP contribution is -2.41. The van der Waals surface area contributed by atoms with Crippen LogP contribution in [0.15, 0.2) is 35.2 Å². The molecule has 1 aliphatic rings. The zero-order valence-corrected chi connectivity index (χ0v) is 13.1. The molecule has 1 aromatic heterocycles. The third kappa shape index (κ3) is 2.90. The van der Waals surface area contributed by atoms with Crippen molar-refractivity contribution in [3.8, 4) is 0 Å². The number of fused-ring (bicyclic) bond motifs is 1. The normalized spacial score (nSPS) is 13.9. The van der Waals surface area contributed by atoms with Crippen molar-refractivity contribution in [2.75, 3.05) is 0 Å². The van der Waals surface area contributed by atoms with Crippen molar-refractivity contribution >= 4 is 27.3 Å². The Morgan fingerprint density at radius 1 is 1.23 bits per heavy atom. The number of sulfonamides is 1. The summed E-state index contributed by atoms with van der Waals surface area (Å²) in [6.45, 7) is 0. The Morgan fingerprint density at radius 3 is 2.73 bits per heavy atom. The third-order valence-electron chi connectivity index (χ3n) is 3.40. The van der Waals surface area contributed by atoms with E-state index in [1.165, 1.54) is 28.3 Å². The molecule has 0 unspecified atom stereocenters. The van der Waals surface area contributed by atoms with Crippen molar-refractivity contribution in [2.45, 2.75) is 24.2 Å². The predicted octanol–water partition coefficient (Wildman–Crippen LogP) is 2.00. The van der Waals surface area contributed by atoms with E-state index in [1.807, 2.05) is 4.83 Å². The predicted molar refractivity (Wildman–Crippen MR) is 80.5 cm³/mol. The Balaban J connectivity index is 1.71. The van der Waals surface area contributed by atoms with E-state index < -0.39 is 26.6 Å². The van der Waals surface area contributed by atoms with Gasteiger partial charge in [-0.25, -0.2) is 12.8 Å². The average molecular weight is 340 g/mol. The highest BCUT2D eigenvalue weighted by Gasteiger charge is 2.22. The second-order valence-corrected chi connectivity index (χ2v) is 7.69. The molecule has 0 saturated carbocycles. The van der Waals surface area contributed by atoms with Crippen molar-refractivity contribution in [1.29, 1.82) is 0 Å². The van der Waals surface area contributed by atoms with Gasteiger partial charge < -0.3 is 0 Å². The monoisotopic (exact) mass is 340 g/mol. The molecular weight excluding hydrogens is 327 g/mol. The highest BCUT2D eigenvalue weighted by atomic mass is 32.2. The Kier molecular flexibility index (Phi) is 3.98. The summed E-state index contributed by atoms with van der Waals surface area (Å²) in [5, 5.41) is 0. The second-order valence-electron chi connectivity index (χ2n) is 4.90. The van der Waals surface area contributed by atoms with E-state index in [-0.39, 0.29) is 0 Å². The number of carbonyl (C=O) groups is 1. The number of nitrogens with one attached hydrogen (secondary N) is 2. The van der Waals surface area contributed by atoms with E-state index in [0.717, 1.165) is 37.0 Å². The Labute approximate surface area is 131 Å². The lowest BCUT2D eigenvalue weighted by molar-refractivity contribution is 0.0949. The summed E-state index contributed by atoms with van der Waals surface area (Å²) < 4.78 is 37.4. The topological polar surface area (TPSA) is 75.3 Å². The molecule has 1 amide bonds. The van der Waals surface area contributed by atoms with Crippen LogP contribution in [0.2, 0.25) is 0 Å². The van der Waals surface area contributed by atoms with Gasteiger partial charge in [-0.1, -0.05) is 12.1 Å². The van der Waals surface area contributed by atoms with Gasteiger partial charge in [0.15, 0.2) is 0 Å². The minimum Gasteiger partial charge on any atom is -0.273 e. The van der Waals surface area contributed by atoms with Crippen molar-refractivity contribution < 1.29 is 17.6 Å². The van der Waals surface area contributed by atoms with E-state index in [2.05, 4.69) is 5.43 Å². The molecule has 116 valence electrons. The smallest absolute Gasteiger partial charge is 0.273 e. The van der Waals surface area contributed by atoms with Crippen molar-refractivity contribution in [1.82, 2.24) is 10.3 Å². The quantitative estimate of drug-likeness (QED) is 0.836. The van der Waals surface area contributed by atoms with Gasteiger partial charge in [-0.15, -0.1) is 16.2 Å². The van der Waals surface area contributed by atoms with Crippen LogP contribution in [0.4, 0.5) is 4.39 Å². The first kappa shape index (κ1) is 15.1. The summed E-state index contributed by atoms with van der Waals surface area (Å²) in [7, 11) is -4.14. The fraction of sp³-hybridized carbons (Fsp3) is 0.214. The number of rotatable bonds is 4. The Bertz CT molecular complexity index is 809. The van der Waals surface area contributed by atoms with Gasteiger partial charge in [0.05, 0.1) is 4.88 Å². The number of carbonyl (C=O) groups excluding carboxylic acids is 1. The summed E-state index contributed by atoms with van der Waals surface area (Å²) >= 11 is 1.36. The largest absolute Gasteiger partial charge is 0.276 e. The standard InChI is InChI=1S/C14H13FN2O3S2/c15-10-5-1-2-7-13(10)22(19,20)17-16-14(18)12-8-9-4-3-6-11(9)21-12/h1-2,5,7-8,17H,3-4,6H2,(H,16,18). The first-order valence-corrected chi connectivity index (χ1v) is 8.95. The average Bonchev–Trinajstić information content (AvgIpc) is 3.06. The summed E-state index contributed by atoms with van der Waals surface area (Å²) in [4.78, 5) is 15.0. The lowest BCUT2D eigenvalue weighted by atomic mass is 10.2. The Hall–Kier alpha value is -1.77. The first-order valence-electron chi connectivity index (χ1n) is 6.65. The van der Waals surface area contributed by atoms with Crippen LogP contribution in [0.5, 0.6) is 0 Å². The number of benzene rings is 1. The summed E-state index contributed by atoms with van der Waals surface area (Å²) in [5.74, 6) is -1.42. The van der Waals surface area contributed by atoms with Crippen molar-refractivity contribution in [3.63, 3.8) is 0 Å². The van der Waals surface area contributed by atoms with Crippen LogP contribution in [0.25, 0.3) is 0 Å². The molecule has 0 aliphatic heterocycles. The summed E-state index contributed by atoms with van der Waals surface area (Å²) in [5.41, 5.74) is 3.27. The number of thiophene rings is 1. The number of aryl methyl sites for hydroxylation is 2. The number of hydrogen-bond donors (Lipinski definition) is 2. The fourth-order valence-corrected chi connectivity index (χ4v) is 4.40. The first-order chi connectivity index (χ1) is 10.5. The van der Waals surface area contributed by atoms with E-state index >= 15 is 0 Å². The number of hydrazine groups is 1. The number of hydrogen-bond acceptors (Lipinski definition) is 4. The molecule has 2 N–H and O–H groups in total.